The van der Waals surface area contributed by atoms with Crippen LogP contribution in [0.4, 0.5) is 5.69 Å². The molecule has 148 valence electrons. The van der Waals surface area contributed by atoms with Gasteiger partial charge < -0.3 is 14.4 Å². The Balaban J connectivity index is 2.00. The van der Waals surface area contributed by atoms with Crippen molar-refractivity contribution in [1.82, 2.24) is 0 Å². The predicted molar refractivity (Wildman–Crippen MR) is 108 cm³/mol. The molecule has 28 heavy (non-hydrogen) atoms. The van der Waals surface area contributed by atoms with Gasteiger partial charge in [-0.3, -0.25) is 9.59 Å². The molecule has 0 saturated heterocycles. The van der Waals surface area contributed by atoms with Gasteiger partial charge in [-0.25, -0.2) is 0 Å². The summed E-state index contributed by atoms with van der Waals surface area (Å²) in [7, 11) is 4.69. The van der Waals surface area contributed by atoms with Gasteiger partial charge in [0.1, 0.15) is 0 Å². The summed E-state index contributed by atoms with van der Waals surface area (Å²) >= 11 is 0. The van der Waals surface area contributed by atoms with Crippen LogP contribution < -0.4 is 4.90 Å². The first-order chi connectivity index (χ1) is 13.3. The molecule has 1 aliphatic rings. The highest BCUT2D eigenvalue weighted by molar-refractivity contribution is 6.02. The van der Waals surface area contributed by atoms with Gasteiger partial charge in [0.05, 0.1) is 14.2 Å². The Morgan fingerprint density at radius 3 is 2.14 bits per heavy atom. The second-order valence-corrected chi connectivity index (χ2v) is 7.56. The maximum atomic E-state index is 12.6. The summed E-state index contributed by atoms with van der Waals surface area (Å²) in [6, 6.07) is 12.4. The van der Waals surface area contributed by atoms with Crippen molar-refractivity contribution >= 4 is 17.6 Å². The number of carbonyl (C=O) groups excluding carboxylic acids is 2. The highest BCUT2D eigenvalue weighted by Gasteiger charge is 2.53. The van der Waals surface area contributed by atoms with Crippen LogP contribution in [0.15, 0.2) is 36.4 Å². The van der Waals surface area contributed by atoms with E-state index in [1.807, 2.05) is 25.1 Å². The molecule has 0 aromatic heterocycles. The van der Waals surface area contributed by atoms with E-state index in [0.29, 0.717) is 12.8 Å². The molecular formula is C23H27NO4. The van der Waals surface area contributed by atoms with Gasteiger partial charge in [0.25, 0.3) is 0 Å². The summed E-state index contributed by atoms with van der Waals surface area (Å²) in [6.07, 6.45) is 0.623. The second-order valence-electron chi connectivity index (χ2n) is 7.56. The zero-order chi connectivity index (χ0) is 20.5. The molecule has 5 nitrogen and oxygen atoms in total. The van der Waals surface area contributed by atoms with E-state index in [9.17, 15) is 9.59 Å². The van der Waals surface area contributed by atoms with Crippen molar-refractivity contribution in [3.63, 3.8) is 0 Å². The Bertz CT molecular complexity index is 889. The fourth-order valence-corrected chi connectivity index (χ4v) is 4.27. The summed E-state index contributed by atoms with van der Waals surface area (Å²) in [5.74, 6) is -1.07. The number of ether oxygens (including phenoxy) is 2. The van der Waals surface area contributed by atoms with Gasteiger partial charge in [0.15, 0.2) is 5.41 Å². The van der Waals surface area contributed by atoms with Crippen molar-refractivity contribution < 1.29 is 19.1 Å². The van der Waals surface area contributed by atoms with Gasteiger partial charge in [-0.1, -0.05) is 30.3 Å². The van der Waals surface area contributed by atoms with Gasteiger partial charge >= 0.3 is 11.9 Å². The molecule has 0 spiro atoms. The van der Waals surface area contributed by atoms with E-state index < -0.39 is 17.4 Å². The van der Waals surface area contributed by atoms with Gasteiger partial charge in [-0.15, -0.1) is 0 Å². The molecule has 1 aliphatic carbocycles. The van der Waals surface area contributed by atoms with Crippen molar-refractivity contribution in [3.8, 4) is 0 Å². The molecule has 0 aliphatic heterocycles. The molecule has 0 atom stereocenters. The highest BCUT2D eigenvalue weighted by atomic mass is 16.5. The zero-order valence-corrected chi connectivity index (χ0v) is 17.2. The molecule has 0 amide bonds. The maximum absolute atomic E-state index is 12.6. The Labute approximate surface area is 166 Å². The summed E-state index contributed by atoms with van der Waals surface area (Å²) in [5, 5.41) is 0. The molecular weight excluding hydrogens is 354 g/mol. The smallest absolute Gasteiger partial charge is 0.323 e. The lowest BCUT2D eigenvalue weighted by Crippen LogP contribution is -2.42. The first-order valence-corrected chi connectivity index (χ1v) is 9.38. The lowest BCUT2D eigenvalue weighted by Gasteiger charge is -2.24. The quantitative estimate of drug-likeness (QED) is 0.587. The van der Waals surface area contributed by atoms with Crippen LogP contribution in [0.5, 0.6) is 0 Å². The molecule has 0 N–H and O–H groups in total. The van der Waals surface area contributed by atoms with Crippen molar-refractivity contribution in [2.24, 2.45) is 5.41 Å². The van der Waals surface area contributed by atoms with E-state index in [1.54, 1.807) is 0 Å². The van der Waals surface area contributed by atoms with E-state index in [1.165, 1.54) is 19.8 Å². The Morgan fingerprint density at radius 1 is 1.00 bits per heavy atom. The van der Waals surface area contributed by atoms with Gasteiger partial charge in [0, 0.05) is 32.1 Å². The number of fused-ring (bicyclic) bond motifs is 1. The third kappa shape index (κ3) is 3.26. The molecule has 0 heterocycles. The van der Waals surface area contributed by atoms with Crippen LogP contribution in [-0.2, 0) is 38.4 Å². The minimum Gasteiger partial charge on any atom is -0.468 e. The van der Waals surface area contributed by atoms with Crippen LogP contribution in [0, 0.1) is 19.3 Å². The first-order valence-electron chi connectivity index (χ1n) is 9.38. The lowest BCUT2D eigenvalue weighted by molar-refractivity contribution is -0.168. The molecule has 0 radical (unpaired) electrons. The summed E-state index contributed by atoms with van der Waals surface area (Å²) in [5.41, 5.74) is 5.29. The molecule has 2 aromatic carbocycles. The van der Waals surface area contributed by atoms with E-state index in [2.05, 4.69) is 37.1 Å². The Hall–Kier alpha value is -2.82. The number of rotatable bonds is 5. The van der Waals surface area contributed by atoms with Gasteiger partial charge in [0.2, 0.25) is 0 Å². The van der Waals surface area contributed by atoms with Crippen LogP contribution >= 0.6 is 0 Å². The van der Waals surface area contributed by atoms with Crippen LogP contribution in [-0.4, -0.2) is 33.2 Å². The van der Waals surface area contributed by atoms with Crippen molar-refractivity contribution in [2.45, 2.75) is 33.2 Å². The number of esters is 2. The third-order valence-electron chi connectivity index (χ3n) is 5.81. The summed E-state index contributed by atoms with van der Waals surface area (Å²) < 4.78 is 9.96. The highest BCUT2D eigenvalue weighted by Crippen LogP contribution is 2.44. The van der Waals surface area contributed by atoms with Crippen LogP contribution in [0.1, 0.15) is 27.8 Å². The SMILES string of the molecule is COC(=O)C1(C(=O)OC)Cc2c(C)cc(N(C)Cc3ccccc3)c(C)c2C1. The van der Waals surface area contributed by atoms with Crippen molar-refractivity contribution in [1.29, 1.82) is 0 Å². The lowest BCUT2D eigenvalue weighted by atomic mass is 9.84. The number of carbonyl (C=O) groups is 2. The molecule has 0 saturated carbocycles. The van der Waals surface area contributed by atoms with Crippen LogP contribution in [0.2, 0.25) is 0 Å². The normalized spacial score (nSPS) is 14.3. The average Bonchev–Trinajstić information content (AvgIpc) is 3.13. The minimum absolute atomic E-state index is 0.307. The van der Waals surface area contributed by atoms with E-state index in [0.717, 1.165) is 34.5 Å². The Morgan fingerprint density at radius 2 is 1.57 bits per heavy atom. The van der Waals surface area contributed by atoms with Crippen molar-refractivity contribution in [3.05, 3.63) is 64.2 Å². The molecule has 0 fully saturated rings. The first kappa shape index (κ1) is 19.9. The fourth-order valence-electron chi connectivity index (χ4n) is 4.27. The van der Waals surface area contributed by atoms with Crippen LogP contribution in [0.3, 0.4) is 0 Å². The van der Waals surface area contributed by atoms with E-state index in [-0.39, 0.29) is 0 Å². The van der Waals surface area contributed by atoms with E-state index in [4.69, 9.17) is 9.47 Å². The third-order valence-corrected chi connectivity index (χ3v) is 5.81. The number of methoxy groups -OCH3 is 2. The fraction of sp³-hybridized carbons (Fsp3) is 0.391. The number of nitrogens with zero attached hydrogens (tertiary/aromatic N) is 1. The molecule has 0 unspecified atom stereocenters. The minimum atomic E-state index is -1.29. The second kappa shape index (κ2) is 7.66. The molecule has 3 rings (SSSR count). The number of hydrogen-bond donors (Lipinski definition) is 0. The molecule has 2 aromatic rings. The number of benzene rings is 2. The number of anilines is 1. The topological polar surface area (TPSA) is 55.8 Å². The van der Waals surface area contributed by atoms with E-state index >= 15 is 0 Å². The Kier molecular flexibility index (Phi) is 5.45. The largest absolute Gasteiger partial charge is 0.468 e. The van der Waals surface area contributed by atoms with Crippen molar-refractivity contribution in [2.75, 3.05) is 26.2 Å². The molecule has 5 heteroatoms. The van der Waals surface area contributed by atoms with Gasteiger partial charge in [-0.2, -0.15) is 0 Å². The average molecular weight is 381 g/mol. The monoisotopic (exact) mass is 381 g/mol. The summed E-state index contributed by atoms with van der Waals surface area (Å²) in [6.45, 7) is 4.86. The number of aryl methyl sites for hydroxylation is 1. The maximum Gasteiger partial charge on any atom is 0.323 e. The predicted octanol–water partition coefficient (Wildman–Crippen LogP) is 3.37. The summed E-state index contributed by atoms with van der Waals surface area (Å²) in [4.78, 5) is 27.3. The zero-order valence-electron chi connectivity index (χ0n) is 17.2. The van der Waals surface area contributed by atoms with Gasteiger partial charge in [-0.05, 0) is 47.7 Å². The standard InChI is InChI=1S/C23H27NO4/c1-15-11-20(24(3)14-17-9-7-6-8-10-17)16(2)19-13-23(12-18(15)19,21(25)27-4)22(26)28-5/h6-11H,12-14H2,1-5H3. The van der Waals surface area contributed by atoms with Crippen LogP contribution in [0.25, 0.3) is 0 Å². The number of hydrogen-bond acceptors (Lipinski definition) is 5. The molecule has 0 bridgehead atoms.